The minimum absolute atomic E-state index is 0.598. The molecule has 0 bridgehead atoms. The summed E-state index contributed by atoms with van der Waals surface area (Å²) in [7, 11) is 0. The van der Waals surface area contributed by atoms with Crippen LogP contribution < -0.4 is 4.90 Å². The first-order valence-electron chi connectivity index (χ1n) is 5.98. The minimum atomic E-state index is -0.691. The second-order valence-corrected chi connectivity index (χ2v) is 5.31. The summed E-state index contributed by atoms with van der Waals surface area (Å²) in [5, 5.41) is 9.21. The second-order valence-electron chi connectivity index (χ2n) is 5.31. The zero-order valence-electron chi connectivity index (χ0n) is 10.7. The van der Waals surface area contributed by atoms with Crippen molar-refractivity contribution in [2.75, 3.05) is 18.0 Å². The largest absolute Gasteiger partial charge is 0.481 e. The number of aliphatic carboxylic acids is 1. The van der Waals surface area contributed by atoms with E-state index < -0.39 is 11.4 Å². The molecule has 3 heteroatoms. The van der Waals surface area contributed by atoms with E-state index in [1.807, 2.05) is 6.92 Å². The average molecular weight is 233 g/mol. The van der Waals surface area contributed by atoms with Gasteiger partial charge in [-0.15, -0.1) is 0 Å². The van der Waals surface area contributed by atoms with E-state index in [-0.39, 0.29) is 0 Å². The molecule has 1 heterocycles. The molecule has 3 nitrogen and oxygen atoms in total. The highest BCUT2D eigenvalue weighted by Crippen LogP contribution is 2.33. The molecule has 0 radical (unpaired) electrons. The van der Waals surface area contributed by atoms with E-state index in [4.69, 9.17) is 0 Å². The topological polar surface area (TPSA) is 40.5 Å². The lowest BCUT2D eigenvalue weighted by Gasteiger charge is -2.22. The number of hydrogen-bond donors (Lipinski definition) is 1. The van der Waals surface area contributed by atoms with Crippen molar-refractivity contribution in [3.63, 3.8) is 0 Å². The molecular formula is C14H19NO2. The number of benzene rings is 1. The van der Waals surface area contributed by atoms with Crippen molar-refractivity contribution in [3.8, 4) is 0 Å². The Hall–Kier alpha value is -1.51. The van der Waals surface area contributed by atoms with Gasteiger partial charge in [0, 0.05) is 18.8 Å². The van der Waals surface area contributed by atoms with Crippen LogP contribution in [0.3, 0.4) is 0 Å². The fourth-order valence-electron chi connectivity index (χ4n) is 2.28. The van der Waals surface area contributed by atoms with Gasteiger partial charge in [0.05, 0.1) is 5.41 Å². The second kappa shape index (κ2) is 4.06. The zero-order valence-corrected chi connectivity index (χ0v) is 10.7. The number of aryl methyl sites for hydroxylation is 2. The molecular weight excluding hydrogens is 214 g/mol. The van der Waals surface area contributed by atoms with Crippen LogP contribution in [0, 0.1) is 19.3 Å². The van der Waals surface area contributed by atoms with Crippen molar-refractivity contribution in [2.45, 2.75) is 27.2 Å². The van der Waals surface area contributed by atoms with Gasteiger partial charge < -0.3 is 10.0 Å². The predicted molar refractivity (Wildman–Crippen MR) is 68.5 cm³/mol. The molecule has 1 N–H and O–H groups in total. The molecule has 0 aliphatic carbocycles. The normalized spacial score (nSPS) is 24.1. The van der Waals surface area contributed by atoms with Crippen LogP contribution >= 0.6 is 0 Å². The van der Waals surface area contributed by atoms with Crippen molar-refractivity contribution in [2.24, 2.45) is 5.41 Å². The van der Waals surface area contributed by atoms with Crippen molar-refractivity contribution in [1.82, 2.24) is 0 Å². The van der Waals surface area contributed by atoms with Crippen LogP contribution in [0.2, 0.25) is 0 Å². The summed E-state index contributed by atoms with van der Waals surface area (Å²) in [4.78, 5) is 13.4. The maximum atomic E-state index is 11.2. The Balaban J connectivity index is 2.21. The summed E-state index contributed by atoms with van der Waals surface area (Å²) in [5.74, 6) is -0.691. The molecule has 92 valence electrons. The first kappa shape index (κ1) is 12.0. The lowest BCUT2D eigenvalue weighted by atomic mass is 9.90. The molecule has 2 rings (SSSR count). The van der Waals surface area contributed by atoms with Gasteiger partial charge >= 0.3 is 5.97 Å². The van der Waals surface area contributed by atoms with Gasteiger partial charge in [-0.3, -0.25) is 4.79 Å². The minimum Gasteiger partial charge on any atom is -0.481 e. The van der Waals surface area contributed by atoms with E-state index in [2.05, 4.69) is 36.9 Å². The predicted octanol–water partition coefficient (Wildman–Crippen LogP) is 2.60. The van der Waals surface area contributed by atoms with E-state index in [0.29, 0.717) is 6.54 Å². The molecule has 1 unspecified atom stereocenters. The van der Waals surface area contributed by atoms with Crippen LogP contribution in [-0.4, -0.2) is 24.2 Å². The quantitative estimate of drug-likeness (QED) is 0.853. The summed E-state index contributed by atoms with van der Waals surface area (Å²) in [6.07, 6.45) is 0.718. The highest BCUT2D eigenvalue weighted by atomic mass is 16.4. The molecule has 0 saturated carbocycles. The Labute approximate surface area is 102 Å². The molecule has 1 atom stereocenters. The van der Waals surface area contributed by atoms with Crippen LogP contribution in [0.25, 0.3) is 0 Å². The first-order valence-corrected chi connectivity index (χ1v) is 5.98. The molecule has 1 aliphatic heterocycles. The summed E-state index contributed by atoms with van der Waals surface area (Å²) < 4.78 is 0. The molecule has 0 amide bonds. The molecule has 1 saturated heterocycles. The molecule has 1 aliphatic rings. The lowest BCUT2D eigenvalue weighted by Crippen LogP contribution is -2.31. The highest BCUT2D eigenvalue weighted by molar-refractivity contribution is 5.76. The van der Waals surface area contributed by atoms with Crippen LogP contribution in [0.1, 0.15) is 24.5 Å². The lowest BCUT2D eigenvalue weighted by molar-refractivity contribution is -0.146. The number of rotatable bonds is 2. The van der Waals surface area contributed by atoms with Crippen molar-refractivity contribution in [3.05, 3.63) is 29.3 Å². The third kappa shape index (κ3) is 2.14. The van der Waals surface area contributed by atoms with Crippen LogP contribution in [0.5, 0.6) is 0 Å². The fraction of sp³-hybridized carbons (Fsp3) is 0.500. The zero-order chi connectivity index (χ0) is 12.6. The smallest absolute Gasteiger partial charge is 0.311 e. The number of carboxylic acid groups (broad SMARTS) is 1. The number of carbonyl (C=O) groups is 1. The van der Waals surface area contributed by atoms with Crippen molar-refractivity contribution < 1.29 is 9.90 Å². The van der Waals surface area contributed by atoms with E-state index in [0.717, 1.165) is 18.7 Å². The Morgan fingerprint density at radius 1 is 1.35 bits per heavy atom. The van der Waals surface area contributed by atoms with Crippen LogP contribution in [0.15, 0.2) is 18.2 Å². The average Bonchev–Trinajstić information content (AvgIpc) is 2.67. The summed E-state index contributed by atoms with van der Waals surface area (Å²) >= 11 is 0. The van der Waals surface area contributed by atoms with Gasteiger partial charge in [-0.25, -0.2) is 0 Å². The summed E-state index contributed by atoms with van der Waals surface area (Å²) in [6, 6.07) is 6.32. The molecule has 1 aromatic carbocycles. The molecule has 1 fully saturated rings. The van der Waals surface area contributed by atoms with Gasteiger partial charge in [0.15, 0.2) is 0 Å². The van der Waals surface area contributed by atoms with E-state index in [9.17, 15) is 9.90 Å². The fourth-order valence-corrected chi connectivity index (χ4v) is 2.28. The van der Waals surface area contributed by atoms with E-state index in [1.165, 1.54) is 11.1 Å². The van der Waals surface area contributed by atoms with Gasteiger partial charge in [0.1, 0.15) is 0 Å². The molecule has 17 heavy (non-hydrogen) atoms. The van der Waals surface area contributed by atoms with E-state index >= 15 is 0 Å². The third-order valence-electron chi connectivity index (χ3n) is 3.85. The Kier molecular flexibility index (Phi) is 2.86. The van der Waals surface area contributed by atoms with Gasteiger partial charge in [-0.1, -0.05) is 6.07 Å². The molecule has 1 aromatic rings. The number of hydrogen-bond acceptors (Lipinski definition) is 2. The Morgan fingerprint density at radius 3 is 2.59 bits per heavy atom. The number of anilines is 1. The van der Waals surface area contributed by atoms with Gasteiger partial charge in [0.25, 0.3) is 0 Å². The summed E-state index contributed by atoms with van der Waals surface area (Å²) in [5.41, 5.74) is 3.07. The standard InChI is InChI=1S/C14H19NO2/c1-10-4-5-12(8-11(10)2)15-7-6-14(3,9-15)13(16)17/h4-5,8H,6-7,9H2,1-3H3,(H,16,17). The van der Waals surface area contributed by atoms with Gasteiger partial charge in [-0.2, -0.15) is 0 Å². The monoisotopic (exact) mass is 233 g/mol. The highest BCUT2D eigenvalue weighted by Gasteiger charge is 2.40. The molecule has 0 spiro atoms. The van der Waals surface area contributed by atoms with Crippen LogP contribution in [0.4, 0.5) is 5.69 Å². The summed E-state index contributed by atoms with van der Waals surface area (Å²) in [6.45, 7) is 7.43. The molecule has 0 aromatic heterocycles. The van der Waals surface area contributed by atoms with Crippen LogP contribution in [-0.2, 0) is 4.79 Å². The number of carboxylic acids is 1. The van der Waals surface area contributed by atoms with Gasteiger partial charge in [-0.05, 0) is 50.5 Å². The Bertz CT molecular complexity index is 456. The van der Waals surface area contributed by atoms with Crippen molar-refractivity contribution in [1.29, 1.82) is 0 Å². The third-order valence-corrected chi connectivity index (χ3v) is 3.85. The SMILES string of the molecule is Cc1ccc(N2CCC(C)(C(=O)O)C2)cc1C. The van der Waals surface area contributed by atoms with Crippen molar-refractivity contribution >= 4 is 11.7 Å². The number of nitrogens with zero attached hydrogens (tertiary/aromatic N) is 1. The maximum Gasteiger partial charge on any atom is 0.311 e. The Morgan fingerprint density at radius 2 is 2.06 bits per heavy atom. The first-order chi connectivity index (χ1) is 7.92. The van der Waals surface area contributed by atoms with E-state index in [1.54, 1.807) is 0 Å². The van der Waals surface area contributed by atoms with Gasteiger partial charge in [0.2, 0.25) is 0 Å². The maximum absolute atomic E-state index is 11.2.